The average Bonchev–Trinajstić information content (AvgIpc) is 2.29. The van der Waals surface area contributed by atoms with Crippen molar-refractivity contribution < 1.29 is 19.4 Å². The summed E-state index contributed by atoms with van der Waals surface area (Å²) in [5, 5.41) is 12.2. The van der Waals surface area contributed by atoms with E-state index in [9.17, 15) is 9.90 Å². The van der Waals surface area contributed by atoms with Crippen LogP contribution >= 0.6 is 0 Å². The molecule has 1 rings (SSSR count). The van der Waals surface area contributed by atoms with Crippen molar-refractivity contribution in [2.75, 3.05) is 19.5 Å². The first-order chi connectivity index (χ1) is 8.29. The molecule has 0 aliphatic rings. The number of aryl methyl sites for hydroxylation is 1. The lowest BCUT2D eigenvalue weighted by Gasteiger charge is -2.19. The number of methoxy groups -OCH3 is 2. The number of nitrogens with one attached hydrogen (secondary N) is 1. The van der Waals surface area contributed by atoms with E-state index in [2.05, 4.69) is 5.32 Å². The fraction of sp³-hybridized carbons (Fsp3) is 0.462. The van der Waals surface area contributed by atoms with Crippen LogP contribution in [0.5, 0.6) is 11.5 Å². The number of ether oxygens (including phenoxy) is 2. The molecule has 1 aromatic rings. The van der Waals surface area contributed by atoms with Gasteiger partial charge in [-0.05, 0) is 32.4 Å². The summed E-state index contributed by atoms with van der Waals surface area (Å²) >= 11 is 0. The van der Waals surface area contributed by atoms with Crippen LogP contribution in [-0.2, 0) is 4.79 Å². The minimum atomic E-state index is -1.46. The van der Waals surface area contributed by atoms with E-state index in [1.54, 1.807) is 19.2 Å². The quantitative estimate of drug-likeness (QED) is 0.857. The fourth-order valence-corrected chi connectivity index (χ4v) is 1.42. The number of aliphatic hydroxyl groups is 1. The standard InChI is InChI=1S/C13H19NO4/c1-8-6-11(18-5)9(7-10(8)17-4)14-12(15)13(2,3)16/h6-7,16H,1-5H3,(H,14,15). The predicted octanol–water partition coefficient (Wildman–Crippen LogP) is 1.72. The van der Waals surface area contributed by atoms with Gasteiger partial charge in [0, 0.05) is 6.07 Å². The lowest BCUT2D eigenvalue weighted by Crippen LogP contribution is -2.36. The van der Waals surface area contributed by atoms with Crippen LogP contribution in [0.1, 0.15) is 19.4 Å². The van der Waals surface area contributed by atoms with Crippen molar-refractivity contribution >= 4 is 11.6 Å². The minimum absolute atomic E-state index is 0.465. The maximum absolute atomic E-state index is 11.7. The lowest BCUT2D eigenvalue weighted by atomic mass is 10.1. The molecule has 0 aliphatic carbocycles. The fourth-order valence-electron chi connectivity index (χ4n) is 1.42. The lowest BCUT2D eigenvalue weighted by molar-refractivity contribution is -0.130. The largest absolute Gasteiger partial charge is 0.496 e. The van der Waals surface area contributed by atoms with Crippen molar-refractivity contribution in [2.45, 2.75) is 26.4 Å². The third-order valence-corrected chi connectivity index (χ3v) is 2.52. The molecule has 0 radical (unpaired) electrons. The first kappa shape index (κ1) is 14.3. The summed E-state index contributed by atoms with van der Waals surface area (Å²) < 4.78 is 10.4. The van der Waals surface area contributed by atoms with Crippen molar-refractivity contribution in [3.63, 3.8) is 0 Å². The summed E-state index contributed by atoms with van der Waals surface area (Å²) in [6.45, 7) is 4.71. The Labute approximate surface area is 107 Å². The maximum atomic E-state index is 11.7. The SMILES string of the molecule is COc1cc(NC(=O)C(C)(C)O)c(OC)cc1C. The van der Waals surface area contributed by atoms with Gasteiger partial charge in [0.2, 0.25) is 0 Å². The Morgan fingerprint density at radius 1 is 1.22 bits per heavy atom. The second kappa shape index (κ2) is 5.27. The van der Waals surface area contributed by atoms with Crippen LogP contribution in [0.25, 0.3) is 0 Å². The normalized spacial score (nSPS) is 11.0. The molecule has 100 valence electrons. The number of carbonyl (C=O) groups excluding carboxylic acids is 1. The smallest absolute Gasteiger partial charge is 0.255 e. The molecule has 0 heterocycles. The number of hydrogen-bond donors (Lipinski definition) is 2. The Morgan fingerprint density at radius 2 is 1.78 bits per heavy atom. The number of benzene rings is 1. The Morgan fingerprint density at radius 3 is 2.22 bits per heavy atom. The molecule has 0 atom stereocenters. The van der Waals surface area contributed by atoms with Crippen molar-refractivity contribution in [3.05, 3.63) is 17.7 Å². The Balaban J connectivity index is 3.11. The number of amides is 1. The average molecular weight is 253 g/mol. The van der Waals surface area contributed by atoms with Gasteiger partial charge in [0.05, 0.1) is 19.9 Å². The van der Waals surface area contributed by atoms with Crippen LogP contribution in [0.2, 0.25) is 0 Å². The Bertz CT molecular complexity index is 449. The summed E-state index contributed by atoms with van der Waals surface area (Å²) in [5.41, 5.74) is -0.0916. The molecule has 2 N–H and O–H groups in total. The molecule has 0 bridgehead atoms. The zero-order valence-electron chi connectivity index (χ0n) is 11.3. The van der Waals surface area contributed by atoms with Crippen LogP contribution in [-0.4, -0.2) is 30.8 Å². The van der Waals surface area contributed by atoms with E-state index in [0.29, 0.717) is 17.2 Å². The maximum Gasteiger partial charge on any atom is 0.255 e. The molecule has 0 spiro atoms. The molecule has 5 nitrogen and oxygen atoms in total. The van der Waals surface area contributed by atoms with Crippen molar-refractivity contribution in [2.24, 2.45) is 0 Å². The van der Waals surface area contributed by atoms with Gasteiger partial charge in [-0.15, -0.1) is 0 Å². The van der Waals surface area contributed by atoms with Gasteiger partial charge < -0.3 is 19.9 Å². The third kappa shape index (κ3) is 3.13. The van der Waals surface area contributed by atoms with Gasteiger partial charge in [0.1, 0.15) is 17.1 Å². The highest BCUT2D eigenvalue weighted by Crippen LogP contribution is 2.32. The summed E-state index contributed by atoms with van der Waals surface area (Å²) in [7, 11) is 3.07. The first-order valence-corrected chi connectivity index (χ1v) is 5.56. The Kier molecular flexibility index (Phi) is 4.19. The minimum Gasteiger partial charge on any atom is -0.496 e. The highest BCUT2D eigenvalue weighted by Gasteiger charge is 2.25. The highest BCUT2D eigenvalue weighted by atomic mass is 16.5. The number of anilines is 1. The van der Waals surface area contributed by atoms with Crippen molar-refractivity contribution in [1.29, 1.82) is 0 Å². The first-order valence-electron chi connectivity index (χ1n) is 5.56. The van der Waals surface area contributed by atoms with Crippen LogP contribution in [0, 0.1) is 6.92 Å². The molecule has 18 heavy (non-hydrogen) atoms. The number of carbonyl (C=O) groups is 1. The van der Waals surface area contributed by atoms with E-state index in [4.69, 9.17) is 9.47 Å². The molecule has 0 saturated carbocycles. The van der Waals surface area contributed by atoms with Gasteiger partial charge in [-0.3, -0.25) is 4.79 Å². The van der Waals surface area contributed by atoms with Crippen molar-refractivity contribution in [3.8, 4) is 11.5 Å². The molecule has 0 unspecified atom stereocenters. The van der Waals surface area contributed by atoms with Gasteiger partial charge >= 0.3 is 0 Å². The topological polar surface area (TPSA) is 67.8 Å². The van der Waals surface area contributed by atoms with E-state index >= 15 is 0 Å². The Hall–Kier alpha value is -1.75. The van der Waals surface area contributed by atoms with Crippen LogP contribution < -0.4 is 14.8 Å². The zero-order chi connectivity index (χ0) is 13.9. The van der Waals surface area contributed by atoms with Gasteiger partial charge in [0.15, 0.2) is 0 Å². The summed E-state index contributed by atoms with van der Waals surface area (Å²) in [4.78, 5) is 11.7. The molecule has 1 amide bonds. The summed E-state index contributed by atoms with van der Waals surface area (Å²) in [6.07, 6.45) is 0. The van der Waals surface area contributed by atoms with E-state index in [1.165, 1.54) is 21.0 Å². The highest BCUT2D eigenvalue weighted by molar-refractivity contribution is 5.97. The second-order valence-corrected chi connectivity index (χ2v) is 4.54. The van der Waals surface area contributed by atoms with E-state index in [0.717, 1.165) is 5.56 Å². The second-order valence-electron chi connectivity index (χ2n) is 4.54. The van der Waals surface area contributed by atoms with E-state index < -0.39 is 11.5 Å². The number of rotatable bonds is 4. The summed E-state index contributed by atoms with van der Waals surface area (Å²) in [6, 6.07) is 3.43. The summed E-state index contributed by atoms with van der Waals surface area (Å²) in [5.74, 6) is 0.652. The zero-order valence-corrected chi connectivity index (χ0v) is 11.3. The predicted molar refractivity (Wildman–Crippen MR) is 69.2 cm³/mol. The van der Waals surface area contributed by atoms with Crippen molar-refractivity contribution in [1.82, 2.24) is 0 Å². The molecule has 0 fully saturated rings. The monoisotopic (exact) mass is 253 g/mol. The van der Waals surface area contributed by atoms with Gasteiger partial charge in [-0.25, -0.2) is 0 Å². The molecule has 0 aromatic heterocycles. The van der Waals surface area contributed by atoms with Crippen LogP contribution in [0.4, 0.5) is 5.69 Å². The molecule has 0 saturated heterocycles. The molecular weight excluding hydrogens is 234 g/mol. The van der Waals surface area contributed by atoms with Crippen LogP contribution in [0.15, 0.2) is 12.1 Å². The van der Waals surface area contributed by atoms with Gasteiger partial charge in [0.25, 0.3) is 5.91 Å². The molecular formula is C13H19NO4. The van der Waals surface area contributed by atoms with E-state index in [-0.39, 0.29) is 0 Å². The van der Waals surface area contributed by atoms with Crippen LogP contribution in [0.3, 0.4) is 0 Å². The van der Waals surface area contributed by atoms with Gasteiger partial charge in [-0.1, -0.05) is 0 Å². The van der Waals surface area contributed by atoms with Gasteiger partial charge in [-0.2, -0.15) is 0 Å². The number of hydrogen-bond acceptors (Lipinski definition) is 4. The van der Waals surface area contributed by atoms with E-state index in [1.807, 2.05) is 6.92 Å². The molecule has 1 aromatic carbocycles. The third-order valence-electron chi connectivity index (χ3n) is 2.52. The molecule has 0 aliphatic heterocycles. The molecule has 5 heteroatoms.